The fourth-order valence-electron chi connectivity index (χ4n) is 3.05. The summed E-state index contributed by atoms with van der Waals surface area (Å²) >= 11 is 1.34. The molecule has 0 saturated carbocycles. The van der Waals surface area contributed by atoms with E-state index >= 15 is 0 Å². The molecule has 3 atom stereocenters. The molecule has 3 heterocycles. The number of aromatic nitrogens is 1. The van der Waals surface area contributed by atoms with Gasteiger partial charge in [0.2, 0.25) is 5.91 Å². The van der Waals surface area contributed by atoms with Crippen molar-refractivity contribution in [2.45, 2.75) is 18.4 Å². The summed E-state index contributed by atoms with van der Waals surface area (Å²) < 4.78 is 15.2. The topological polar surface area (TPSA) is 95.0 Å². The van der Waals surface area contributed by atoms with Gasteiger partial charge in [-0.1, -0.05) is 43.1 Å². The van der Waals surface area contributed by atoms with Crippen LogP contribution in [0.5, 0.6) is 0 Å². The predicted octanol–water partition coefficient (Wildman–Crippen LogP) is 2.74. The van der Waals surface area contributed by atoms with E-state index in [1.165, 1.54) is 28.8 Å². The van der Waals surface area contributed by atoms with Crippen molar-refractivity contribution in [2.24, 2.45) is 5.92 Å². The molecule has 0 N–H and O–H groups in total. The molecule has 1 aromatic heterocycles. The van der Waals surface area contributed by atoms with Crippen molar-refractivity contribution in [3.8, 4) is 0 Å². The number of amides is 1. The number of nitrogens with zero attached hydrogens (tertiary/aromatic N) is 2. The first-order chi connectivity index (χ1) is 14.0. The first-order valence-corrected chi connectivity index (χ1v) is 9.74. The number of hydrogen-bond donors (Lipinski definition) is 0. The molecular weight excluding hydrogens is 396 g/mol. The van der Waals surface area contributed by atoms with Crippen molar-refractivity contribution in [3.05, 3.63) is 61.1 Å². The number of carbonyl (C=O) groups is 3. The Bertz CT molecular complexity index is 869. The molecule has 1 fully saturated rings. The highest BCUT2D eigenvalue weighted by Gasteiger charge is 2.59. The number of hydrogen-bond acceptors (Lipinski definition) is 8. The fraction of sp³-hybridized carbons (Fsp3) is 0.300. The minimum Gasteiger partial charge on any atom is -0.457 e. The van der Waals surface area contributed by atoms with Crippen molar-refractivity contribution in [2.75, 3.05) is 13.2 Å². The van der Waals surface area contributed by atoms with Gasteiger partial charge < -0.3 is 14.2 Å². The summed E-state index contributed by atoms with van der Waals surface area (Å²) in [7, 11) is 0. The van der Waals surface area contributed by atoms with E-state index in [-0.39, 0.29) is 24.8 Å². The molecule has 9 heteroatoms. The summed E-state index contributed by atoms with van der Waals surface area (Å²) in [5.41, 5.74) is 0.862. The van der Waals surface area contributed by atoms with Gasteiger partial charge in [-0.25, -0.2) is 9.59 Å². The highest BCUT2D eigenvalue weighted by molar-refractivity contribution is 8.09. The molecule has 0 bridgehead atoms. The largest absolute Gasteiger partial charge is 0.508 e. The highest BCUT2D eigenvalue weighted by atomic mass is 32.2. The van der Waals surface area contributed by atoms with Crippen LogP contribution in [0.3, 0.4) is 0 Å². The van der Waals surface area contributed by atoms with Crippen LogP contribution in [0.15, 0.2) is 55.5 Å². The number of rotatable bonds is 8. The molecule has 0 aliphatic carbocycles. The summed E-state index contributed by atoms with van der Waals surface area (Å²) in [4.78, 5) is 43.2. The third kappa shape index (κ3) is 4.04. The lowest BCUT2D eigenvalue weighted by atomic mass is 9.92. The van der Waals surface area contributed by atoms with E-state index in [4.69, 9.17) is 14.2 Å². The molecule has 1 saturated heterocycles. The van der Waals surface area contributed by atoms with E-state index < -0.39 is 29.5 Å². The zero-order valence-electron chi connectivity index (χ0n) is 15.8. The van der Waals surface area contributed by atoms with Crippen molar-refractivity contribution in [1.29, 1.82) is 0 Å². The number of ether oxygens (including phenoxy) is 3. The summed E-state index contributed by atoms with van der Waals surface area (Å²) in [5, 5.41) is -0.397. The average Bonchev–Trinajstić information content (AvgIpc) is 3.06. The van der Waals surface area contributed by atoms with Crippen LogP contribution in [0.25, 0.3) is 4.91 Å². The van der Waals surface area contributed by atoms with Gasteiger partial charge in [0.25, 0.3) is 0 Å². The van der Waals surface area contributed by atoms with Crippen molar-refractivity contribution < 1.29 is 28.6 Å². The van der Waals surface area contributed by atoms with Crippen LogP contribution in [0.4, 0.5) is 4.79 Å². The van der Waals surface area contributed by atoms with Gasteiger partial charge in [0.15, 0.2) is 0 Å². The maximum absolute atomic E-state index is 12.8. The number of carbonyl (C=O) groups excluding carboxylic acids is 3. The average molecular weight is 416 g/mol. The molecule has 2 aliphatic heterocycles. The van der Waals surface area contributed by atoms with Gasteiger partial charge in [-0.05, 0) is 13.0 Å². The number of esters is 1. The van der Waals surface area contributed by atoms with Crippen LogP contribution < -0.4 is 0 Å². The molecule has 1 amide bonds. The zero-order chi connectivity index (χ0) is 21.0. The monoisotopic (exact) mass is 416 g/mol. The Morgan fingerprint density at radius 1 is 1.31 bits per heavy atom. The second kappa shape index (κ2) is 8.95. The smallest absolute Gasteiger partial charge is 0.457 e. The van der Waals surface area contributed by atoms with E-state index in [1.807, 2.05) is 0 Å². The minimum absolute atomic E-state index is 0.0144. The Balaban J connectivity index is 1.82. The predicted molar refractivity (Wildman–Crippen MR) is 106 cm³/mol. The normalized spacial score (nSPS) is 21.0. The van der Waals surface area contributed by atoms with Gasteiger partial charge in [0.05, 0.1) is 0 Å². The van der Waals surface area contributed by atoms with E-state index in [9.17, 15) is 14.4 Å². The third-order valence-corrected chi connectivity index (χ3v) is 5.75. The second-order valence-electron chi connectivity index (χ2n) is 6.22. The van der Waals surface area contributed by atoms with Crippen LogP contribution in [-0.2, 0) is 23.8 Å². The zero-order valence-corrected chi connectivity index (χ0v) is 16.6. The first kappa shape index (κ1) is 20.7. The molecule has 152 valence electrons. The SMILES string of the molecule is C=CCOC(=O)O[C@H](C)[C@H]1C(=O)N2C(C(=O)OCC=C)=C(c3cccnc3)S[C@H]12. The molecular formula is C20H20N2O6S. The fourth-order valence-corrected chi connectivity index (χ4v) is 4.64. The number of fused-ring (bicyclic) bond motifs is 1. The van der Waals surface area contributed by atoms with E-state index in [1.54, 1.807) is 31.5 Å². The Morgan fingerprint density at radius 2 is 2.03 bits per heavy atom. The van der Waals surface area contributed by atoms with Crippen LogP contribution in [-0.4, -0.2) is 52.6 Å². The van der Waals surface area contributed by atoms with Crippen LogP contribution >= 0.6 is 11.8 Å². The molecule has 1 aromatic rings. The molecule has 0 unspecified atom stereocenters. The first-order valence-electron chi connectivity index (χ1n) is 8.86. The Morgan fingerprint density at radius 3 is 2.69 bits per heavy atom. The summed E-state index contributed by atoms with van der Waals surface area (Å²) in [5.74, 6) is -1.56. The number of β-lactam (4-membered cyclic amide) rings is 1. The number of thioether (sulfide) groups is 1. The highest BCUT2D eigenvalue weighted by Crippen LogP contribution is 2.54. The van der Waals surface area contributed by atoms with Gasteiger partial charge in [-0.3, -0.25) is 14.7 Å². The van der Waals surface area contributed by atoms with Crippen molar-refractivity contribution >= 4 is 34.7 Å². The van der Waals surface area contributed by atoms with Gasteiger partial charge in [-0.15, -0.1) is 0 Å². The molecule has 8 nitrogen and oxygen atoms in total. The van der Waals surface area contributed by atoms with Crippen molar-refractivity contribution in [1.82, 2.24) is 9.88 Å². The number of pyridine rings is 1. The molecule has 0 spiro atoms. The lowest BCUT2D eigenvalue weighted by Crippen LogP contribution is -2.61. The third-order valence-electron chi connectivity index (χ3n) is 4.34. The van der Waals surface area contributed by atoms with E-state index in [2.05, 4.69) is 18.1 Å². The molecule has 0 radical (unpaired) electrons. The lowest BCUT2D eigenvalue weighted by molar-refractivity contribution is -0.158. The van der Waals surface area contributed by atoms with Gasteiger partial charge in [0.1, 0.15) is 36.3 Å². The second-order valence-corrected chi connectivity index (χ2v) is 7.35. The maximum Gasteiger partial charge on any atom is 0.508 e. The van der Waals surface area contributed by atoms with Gasteiger partial charge in [0, 0.05) is 22.9 Å². The van der Waals surface area contributed by atoms with E-state index in [0.29, 0.717) is 10.5 Å². The van der Waals surface area contributed by atoms with Crippen LogP contribution in [0.2, 0.25) is 0 Å². The quantitative estimate of drug-likeness (QED) is 0.363. The van der Waals surface area contributed by atoms with Crippen LogP contribution in [0, 0.1) is 5.92 Å². The lowest BCUT2D eigenvalue weighted by Gasteiger charge is -2.44. The standard InChI is InChI=1S/C20H20N2O6S/c1-4-9-26-19(24)15-16(13-7-6-8-21-11-13)29-18-14(17(23)22(15)18)12(3)28-20(25)27-10-5-2/h4-8,11-12,14,18H,1-2,9-10H2,3H3/t12-,14+,18-/m1/s1. The molecule has 29 heavy (non-hydrogen) atoms. The minimum atomic E-state index is -0.877. The maximum atomic E-state index is 12.8. The molecule has 2 aliphatic rings. The Labute approximate surface area is 172 Å². The summed E-state index contributed by atoms with van der Waals surface area (Å²) in [6.45, 7) is 8.64. The molecule has 3 rings (SSSR count). The molecule has 0 aromatic carbocycles. The summed E-state index contributed by atoms with van der Waals surface area (Å²) in [6, 6.07) is 3.54. The Hall–Kier alpha value is -3.07. The summed E-state index contributed by atoms with van der Waals surface area (Å²) in [6.07, 6.45) is 4.49. The van der Waals surface area contributed by atoms with Gasteiger partial charge in [-0.2, -0.15) is 0 Å². The van der Waals surface area contributed by atoms with Gasteiger partial charge >= 0.3 is 12.1 Å². The van der Waals surface area contributed by atoms with E-state index in [0.717, 1.165) is 0 Å². The van der Waals surface area contributed by atoms with Crippen molar-refractivity contribution in [3.63, 3.8) is 0 Å². The Kier molecular flexibility index (Phi) is 6.38. The van der Waals surface area contributed by atoms with Crippen LogP contribution in [0.1, 0.15) is 12.5 Å².